The van der Waals surface area contributed by atoms with Crippen LogP contribution in [0.25, 0.3) is 0 Å². The third kappa shape index (κ3) is 4.09. The molecule has 1 aromatic carbocycles. The predicted octanol–water partition coefficient (Wildman–Crippen LogP) is 2.19. The van der Waals surface area contributed by atoms with Crippen LogP contribution in [0.4, 0.5) is 0 Å². The van der Waals surface area contributed by atoms with Gasteiger partial charge in [-0.25, -0.2) is 4.79 Å². The minimum atomic E-state index is -0.982. The zero-order chi connectivity index (χ0) is 14.6. The van der Waals surface area contributed by atoms with Gasteiger partial charge in [0.05, 0.1) is 0 Å². The van der Waals surface area contributed by atoms with E-state index in [1.807, 2.05) is 30.3 Å². The first kappa shape index (κ1) is 15.2. The predicted molar refractivity (Wildman–Crippen MR) is 73.8 cm³/mol. The zero-order valence-corrected chi connectivity index (χ0v) is 11.9. The Kier molecular flexibility index (Phi) is 4.70. The highest BCUT2D eigenvalue weighted by atomic mass is 16.4. The van der Waals surface area contributed by atoms with Crippen molar-refractivity contribution in [2.24, 2.45) is 5.41 Å². The minimum absolute atomic E-state index is 0.171. The molecule has 0 heterocycles. The summed E-state index contributed by atoms with van der Waals surface area (Å²) in [6.07, 6.45) is 0.314. The second-order valence-electron chi connectivity index (χ2n) is 5.71. The summed E-state index contributed by atoms with van der Waals surface area (Å²) in [5.74, 6) is -1.15. The van der Waals surface area contributed by atoms with Crippen LogP contribution in [0.1, 0.15) is 26.3 Å². The summed E-state index contributed by atoms with van der Waals surface area (Å²) in [7, 11) is 1.55. The van der Waals surface area contributed by atoms with E-state index >= 15 is 0 Å². The molecule has 4 nitrogen and oxygen atoms in total. The van der Waals surface area contributed by atoms with Gasteiger partial charge in [-0.05, 0) is 5.56 Å². The molecule has 0 saturated heterocycles. The fourth-order valence-corrected chi connectivity index (χ4v) is 1.90. The molecule has 1 aromatic rings. The summed E-state index contributed by atoms with van der Waals surface area (Å²) < 4.78 is 0. The smallest absolute Gasteiger partial charge is 0.326 e. The molecule has 0 spiro atoms. The topological polar surface area (TPSA) is 57.6 Å². The molecule has 19 heavy (non-hydrogen) atoms. The van der Waals surface area contributed by atoms with E-state index in [1.54, 1.807) is 27.8 Å². The van der Waals surface area contributed by atoms with Gasteiger partial charge >= 0.3 is 5.97 Å². The van der Waals surface area contributed by atoms with Gasteiger partial charge in [0.1, 0.15) is 6.04 Å². The molecule has 1 N–H and O–H groups in total. The molecular weight excluding hydrogens is 242 g/mol. The number of nitrogens with zero attached hydrogens (tertiary/aromatic N) is 1. The van der Waals surface area contributed by atoms with Crippen molar-refractivity contribution in [3.63, 3.8) is 0 Å². The molecule has 1 atom stereocenters. The summed E-state index contributed by atoms with van der Waals surface area (Å²) in [5.41, 5.74) is 0.322. The first-order valence-electron chi connectivity index (χ1n) is 6.27. The number of hydrogen-bond acceptors (Lipinski definition) is 2. The van der Waals surface area contributed by atoms with Crippen molar-refractivity contribution in [3.8, 4) is 0 Å². The van der Waals surface area contributed by atoms with Gasteiger partial charge in [0.25, 0.3) is 0 Å². The van der Waals surface area contributed by atoms with Gasteiger partial charge in [-0.3, -0.25) is 4.79 Å². The summed E-state index contributed by atoms with van der Waals surface area (Å²) >= 11 is 0. The lowest BCUT2D eigenvalue weighted by molar-refractivity contribution is -0.152. The van der Waals surface area contributed by atoms with Gasteiger partial charge in [-0.1, -0.05) is 51.1 Å². The fourth-order valence-electron chi connectivity index (χ4n) is 1.90. The highest BCUT2D eigenvalue weighted by Gasteiger charge is 2.32. The molecule has 0 aromatic heterocycles. The van der Waals surface area contributed by atoms with Crippen molar-refractivity contribution in [2.75, 3.05) is 7.05 Å². The number of rotatable bonds is 4. The number of hydrogen-bond donors (Lipinski definition) is 1. The Labute approximate surface area is 114 Å². The molecule has 0 aliphatic carbocycles. The lowest BCUT2D eigenvalue weighted by atomic mass is 9.93. The average molecular weight is 263 g/mol. The van der Waals surface area contributed by atoms with Gasteiger partial charge in [0.15, 0.2) is 0 Å². The Morgan fingerprint density at radius 3 is 2.16 bits per heavy atom. The lowest BCUT2D eigenvalue weighted by Crippen LogP contribution is -2.48. The van der Waals surface area contributed by atoms with Crippen molar-refractivity contribution in [2.45, 2.75) is 33.2 Å². The SMILES string of the molecule is CN(C(=O)C(C)(C)C)[C@@H](Cc1ccccc1)C(=O)O. The van der Waals surface area contributed by atoms with Crippen LogP contribution in [0, 0.1) is 5.41 Å². The molecule has 1 amide bonds. The van der Waals surface area contributed by atoms with Gasteiger partial charge in [0, 0.05) is 18.9 Å². The maximum absolute atomic E-state index is 12.2. The zero-order valence-electron chi connectivity index (χ0n) is 11.9. The van der Waals surface area contributed by atoms with E-state index < -0.39 is 17.4 Å². The number of carbonyl (C=O) groups is 2. The van der Waals surface area contributed by atoms with Crippen LogP contribution in [0.5, 0.6) is 0 Å². The van der Waals surface area contributed by atoms with E-state index in [-0.39, 0.29) is 5.91 Å². The highest BCUT2D eigenvalue weighted by Crippen LogP contribution is 2.19. The first-order valence-corrected chi connectivity index (χ1v) is 6.27. The summed E-state index contributed by atoms with van der Waals surface area (Å²) in [6, 6.07) is 8.49. The van der Waals surface area contributed by atoms with Crippen molar-refractivity contribution < 1.29 is 14.7 Å². The molecule has 1 rings (SSSR count). The lowest BCUT2D eigenvalue weighted by Gasteiger charge is -2.30. The molecule has 0 saturated carbocycles. The normalized spacial score (nSPS) is 12.8. The van der Waals surface area contributed by atoms with Crippen molar-refractivity contribution in [3.05, 3.63) is 35.9 Å². The maximum atomic E-state index is 12.2. The Hall–Kier alpha value is -1.84. The molecule has 0 aliphatic heterocycles. The van der Waals surface area contributed by atoms with Gasteiger partial charge in [-0.15, -0.1) is 0 Å². The molecule has 0 fully saturated rings. The molecule has 0 unspecified atom stereocenters. The average Bonchev–Trinajstić information content (AvgIpc) is 2.34. The van der Waals surface area contributed by atoms with Gasteiger partial charge in [0.2, 0.25) is 5.91 Å². The first-order chi connectivity index (χ1) is 8.73. The number of carboxylic acid groups (broad SMARTS) is 1. The van der Waals surface area contributed by atoms with Crippen molar-refractivity contribution >= 4 is 11.9 Å². The monoisotopic (exact) mass is 263 g/mol. The van der Waals surface area contributed by atoms with Crippen molar-refractivity contribution in [1.29, 1.82) is 0 Å². The Balaban J connectivity index is 2.90. The number of amides is 1. The number of carboxylic acids is 1. The Bertz CT molecular complexity index is 448. The van der Waals surface area contributed by atoms with Gasteiger partial charge in [-0.2, -0.15) is 0 Å². The van der Waals surface area contributed by atoms with Crippen LogP contribution in [0.15, 0.2) is 30.3 Å². The van der Waals surface area contributed by atoms with Crippen molar-refractivity contribution in [1.82, 2.24) is 4.90 Å². The summed E-state index contributed by atoms with van der Waals surface area (Å²) in [5, 5.41) is 9.33. The largest absolute Gasteiger partial charge is 0.480 e. The fraction of sp³-hybridized carbons (Fsp3) is 0.467. The molecular formula is C15H21NO3. The van der Waals surface area contributed by atoms with E-state index in [0.29, 0.717) is 6.42 Å². The Morgan fingerprint density at radius 1 is 1.21 bits per heavy atom. The number of aliphatic carboxylic acids is 1. The van der Waals surface area contributed by atoms with Crippen LogP contribution in [0.3, 0.4) is 0 Å². The molecule has 0 radical (unpaired) electrons. The highest BCUT2D eigenvalue weighted by molar-refractivity contribution is 5.86. The van der Waals surface area contributed by atoms with Crippen LogP contribution in [-0.2, 0) is 16.0 Å². The van der Waals surface area contributed by atoms with E-state index in [9.17, 15) is 14.7 Å². The molecule has 0 bridgehead atoms. The second-order valence-corrected chi connectivity index (χ2v) is 5.71. The molecule has 0 aliphatic rings. The van der Waals surface area contributed by atoms with Crippen LogP contribution < -0.4 is 0 Å². The summed E-state index contributed by atoms with van der Waals surface area (Å²) in [4.78, 5) is 24.9. The van der Waals surface area contributed by atoms with Crippen LogP contribution >= 0.6 is 0 Å². The van der Waals surface area contributed by atoms with Crippen LogP contribution in [0.2, 0.25) is 0 Å². The second kappa shape index (κ2) is 5.87. The third-order valence-electron chi connectivity index (χ3n) is 2.99. The van der Waals surface area contributed by atoms with E-state index in [4.69, 9.17) is 0 Å². The summed E-state index contributed by atoms with van der Waals surface area (Å²) in [6.45, 7) is 5.35. The van der Waals surface area contributed by atoms with E-state index in [1.165, 1.54) is 4.90 Å². The number of likely N-dealkylation sites (N-methyl/N-ethyl adjacent to an activating group) is 1. The van der Waals surface area contributed by atoms with Crippen LogP contribution in [-0.4, -0.2) is 35.0 Å². The standard InChI is InChI=1S/C15H21NO3/c1-15(2,3)14(19)16(4)12(13(17)18)10-11-8-6-5-7-9-11/h5-9,12H,10H2,1-4H3,(H,17,18)/t12-/m0/s1. The molecule has 104 valence electrons. The maximum Gasteiger partial charge on any atom is 0.326 e. The van der Waals surface area contributed by atoms with Gasteiger partial charge < -0.3 is 10.0 Å². The van der Waals surface area contributed by atoms with E-state index in [2.05, 4.69) is 0 Å². The third-order valence-corrected chi connectivity index (χ3v) is 2.99. The van der Waals surface area contributed by atoms with E-state index in [0.717, 1.165) is 5.56 Å². The quantitative estimate of drug-likeness (QED) is 0.906. The number of carbonyl (C=O) groups excluding carboxylic acids is 1. The molecule has 4 heteroatoms. The number of benzene rings is 1. The minimum Gasteiger partial charge on any atom is -0.480 e. The Morgan fingerprint density at radius 2 is 1.74 bits per heavy atom.